The highest BCUT2D eigenvalue weighted by molar-refractivity contribution is 9.09. The summed E-state index contributed by atoms with van der Waals surface area (Å²) < 4.78 is 82.8. The van der Waals surface area contributed by atoms with E-state index >= 15 is 0 Å². The molecule has 0 radical (unpaired) electrons. The number of benzene rings is 4. The predicted molar refractivity (Wildman–Crippen MR) is 217 cm³/mol. The first kappa shape index (κ1) is 52.3. The van der Waals surface area contributed by atoms with Crippen LogP contribution in [0, 0.1) is 20.2 Å². The van der Waals surface area contributed by atoms with Crippen LogP contribution in [0.1, 0.15) is 38.8 Å². The second-order valence-corrected chi connectivity index (χ2v) is 13.8. The number of nitro groups is 2. The van der Waals surface area contributed by atoms with E-state index in [-0.39, 0.29) is 40.0 Å². The number of nitrogens with one attached hydrogen (secondary N) is 4. The van der Waals surface area contributed by atoms with E-state index in [2.05, 4.69) is 37.2 Å². The standard InChI is InChI=1S/C19H18F3N3O6.C11H10BrF3N2O4.C8H9NO2/c1-11(26)23-12-3-6-14(7-4-12)31-10-18(2,28)17(27)24-13-5-8-16(25(29)30)15(9-13)19(20,21)22;1-10(19,5-12)9(18)16-6-2-3-8(17(20)21)7(4-6)11(13,14)15;1-6(10)9-7-2-4-8(11)5-3-7/h3-9,28H,10H2,1-2H3,(H,23,26)(H,24,27);2-4,19H,5H2,1H3,(H,16,18);2-5,11H,1H3,(H,9,10)/t18-;10-;/m00./s1. The number of aromatic hydroxyl groups is 1. The number of anilines is 4. The van der Waals surface area contributed by atoms with Crippen molar-refractivity contribution in [2.24, 2.45) is 0 Å². The maximum absolute atomic E-state index is 13.1. The van der Waals surface area contributed by atoms with Gasteiger partial charge >= 0.3 is 12.4 Å². The number of ether oxygens (including phenoxy) is 1. The van der Waals surface area contributed by atoms with Crippen LogP contribution in [0.25, 0.3) is 0 Å². The molecule has 18 nitrogen and oxygen atoms in total. The molecule has 0 saturated heterocycles. The van der Waals surface area contributed by atoms with Gasteiger partial charge in [0.25, 0.3) is 23.2 Å². The third-order valence-corrected chi connectivity index (χ3v) is 8.73. The van der Waals surface area contributed by atoms with Crippen molar-refractivity contribution in [2.75, 3.05) is 33.2 Å². The Kier molecular flexibility index (Phi) is 18.1. The molecule has 0 fully saturated rings. The topological polar surface area (TPSA) is 273 Å². The molecule has 4 amide bonds. The van der Waals surface area contributed by atoms with Gasteiger partial charge < -0.3 is 41.3 Å². The first-order chi connectivity index (χ1) is 29.0. The Labute approximate surface area is 360 Å². The van der Waals surface area contributed by atoms with Crippen molar-refractivity contribution < 1.29 is 75.4 Å². The van der Waals surface area contributed by atoms with Crippen molar-refractivity contribution in [2.45, 2.75) is 51.2 Å². The van der Waals surface area contributed by atoms with Gasteiger partial charge in [-0.25, -0.2) is 0 Å². The Morgan fingerprint density at radius 3 is 1.30 bits per heavy atom. The third kappa shape index (κ3) is 16.8. The highest BCUT2D eigenvalue weighted by atomic mass is 79.9. The number of aliphatic hydroxyl groups is 2. The minimum atomic E-state index is -5.02. The number of halogens is 7. The summed E-state index contributed by atoms with van der Waals surface area (Å²) in [4.78, 5) is 64.5. The van der Waals surface area contributed by atoms with Crippen molar-refractivity contribution in [1.29, 1.82) is 0 Å². The summed E-state index contributed by atoms with van der Waals surface area (Å²) >= 11 is 2.88. The zero-order valence-electron chi connectivity index (χ0n) is 33.1. The highest BCUT2D eigenvalue weighted by Gasteiger charge is 2.40. The van der Waals surface area contributed by atoms with Gasteiger partial charge in [-0.3, -0.25) is 39.4 Å². The first-order valence-electron chi connectivity index (χ1n) is 17.4. The molecule has 0 aliphatic rings. The van der Waals surface area contributed by atoms with Crippen LogP contribution >= 0.6 is 15.9 Å². The summed E-state index contributed by atoms with van der Waals surface area (Å²) in [6.07, 6.45) is -9.96. The number of carbonyl (C=O) groups is 4. The molecule has 2 atom stereocenters. The summed E-state index contributed by atoms with van der Waals surface area (Å²) in [5.74, 6) is -1.95. The molecule has 0 saturated carbocycles. The fourth-order valence-electron chi connectivity index (χ4n) is 4.47. The number of hydrogen-bond acceptors (Lipinski definition) is 12. The van der Waals surface area contributed by atoms with Gasteiger partial charge in [-0.05, 0) is 86.6 Å². The minimum absolute atomic E-state index is 0.115. The lowest BCUT2D eigenvalue weighted by Crippen LogP contribution is -2.45. The van der Waals surface area contributed by atoms with Crippen LogP contribution in [-0.4, -0.2) is 71.9 Å². The molecule has 340 valence electrons. The van der Waals surface area contributed by atoms with Gasteiger partial charge in [0.2, 0.25) is 11.8 Å². The molecule has 4 rings (SSSR count). The molecule has 0 unspecified atom stereocenters. The highest BCUT2D eigenvalue weighted by Crippen LogP contribution is 2.39. The Bertz CT molecular complexity index is 2290. The molecule has 0 bridgehead atoms. The Morgan fingerprint density at radius 1 is 0.619 bits per heavy atom. The van der Waals surface area contributed by atoms with Gasteiger partial charge in [-0.1, -0.05) is 15.9 Å². The third-order valence-electron chi connectivity index (χ3n) is 7.63. The second-order valence-electron chi connectivity index (χ2n) is 13.3. The van der Waals surface area contributed by atoms with Crippen molar-refractivity contribution in [3.63, 3.8) is 0 Å². The zero-order chi connectivity index (χ0) is 48.1. The second kappa shape index (κ2) is 21.8. The molecular weight excluding hydrogens is 926 g/mol. The van der Waals surface area contributed by atoms with Crippen molar-refractivity contribution in [3.05, 3.63) is 116 Å². The maximum Gasteiger partial charge on any atom is 0.423 e. The molecule has 0 aliphatic carbocycles. The molecule has 63 heavy (non-hydrogen) atoms. The molecule has 25 heteroatoms. The fourth-order valence-corrected chi connectivity index (χ4v) is 4.72. The van der Waals surface area contributed by atoms with E-state index in [1.54, 1.807) is 12.1 Å². The lowest BCUT2D eigenvalue weighted by Gasteiger charge is -2.23. The number of nitro benzene ring substituents is 2. The van der Waals surface area contributed by atoms with Gasteiger partial charge in [0.05, 0.1) is 9.85 Å². The van der Waals surface area contributed by atoms with Gasteiger partial charge in [-0.2, -0.15) is 26.3 Å². The van der Waals surface area contributed by atoms with Crippen LogP contribution in [0.5, 0.6) is 11.5 Å². The Morgan fingerprint density at radius 2 is 0.968 bits per heavy atom. The van der Waals surface area contributed by atoms with E-state index in [0.717, 1.165) is 26.0 Å². The lowest BCUT2D eigenvalue weighted by molar-refractivity contribution is -0.388. The van der Waals surface area contributed by atoms with Gasteiger partial charge in [0.15, 0.2) is 5.60 Å². The van der Waals surface area contributed by atoms with Crippen LogP contribution in [0.3, 0.4) is 0 Å². The molecule has 4 aromatic carbocycles. The van der Waals surface area contributed by atoms with E-state index in [1.165, 1.54) is 50.2 Å². The van der Waals surface area contributed by atoms with Crippen molar-refractivity contribution in [1.82, 2.24) is 0 Å². The van der Waals surface area contributed by atoms with E-state index in [0.29, 0.717) is 35.6 Å². The number of amides is 4. The predicted octanol–water partition coefficient (Wildman–Crippen LogP) is 7.39. The quantitative estimate of drug-likeness (QED) is 0.0241. The number of phenolic OH excluding ortho intramolecular Hbond substituents is 1. The summed E-state index contributed by atoms with van der Waals surface area (Å²) in [5.41, 5.74) is -8.78. The van der Waals surface area contributed by atoms with Crippen molar-refractivity contribution >= 4 is 73.7 Å². The Hall–Kier alpha value is -6.86. The summed E-state index contributed by atoms with van der Waals surface area (Å²) in [5, 5.41) is 59.4. The van der Waals surface area contributed by atoms with Crippen LogP contribution in [0.15, 0.2) is 84.9 Å². The van der Waals surface area contributed by atoms with Gasteiger partial charge in [-0.15, -0.1) is 0 Å². The molecular formula is C38H37BrF6N6O12. The Balaban J connectivity index is 0.000000365. The largest absolute Gasteiger partial charge is 0.508 e. The van der Waals surface area contributed by atoms with E-state index < -0.39 is 74.3 Å². The summed E-state index contributed by atoms with van der Waals surface area (Å²) in [7, 11) is 0. The summed E-state index contributed by atoms with van der Waals surface area (Å²) in [6.45, 7) is 4.48. The molecule has 0 spiro atoms. The molecule has 0 aromatic heterocycles. The van der Waals surface area contributed by atoms with E-state index in [4.69, 9.17) is 9.84 Å². The number of hydrogen-bond donors (Lipinski definition) is 7. The van der Waals surface area contributed by atoms with Crippen LogP contribution < -0.4 is 26.0 Å². The van der Waals surface area contributed by atoms with Crippen molar-refractivity contribution in [3.8, 4) is 11.5 Å². The SMILES string of the molecule is CC(=O)Nc1ccc(O)cc1.CC(=O)Nc1ccc(OC[C@](C)(O)C(=O)Nc2ccc([N+](=O)[O-])c(C(F)(F)F)c2)cc1.C[C@](O)(CBr)C(=O)Nc1ccc([N+](=O)[O-])c(C(F)(F)F)c1. The van der Waals surface area contributed by atoms with Crippen LogP contribution in [-0.2, 0) is 31.5 Å². The number of rotatable bonds is 12. The lowest BCUT2D eigenvalue weighted by atomic mass is 10.1. The van der Waals surface area contributed by atoms with Gasteiger partial charge in [0, 0.05) is 54.1 Å². The normalized spacial score (nSPS) is 12.8. The van der Waals surface area contributed by atoms with E-state index in [9.17, 15) is 76.0 Å². The van der Waals surface area contributed by atoms with Crippen LogP contribution in [0.4, 0.5) is 60.5 Å². The molecule has 0 heterocycles. The van der Waals surface area contributed by atoms with Gasteiger partial charge in [0.1, 0.15) is 34.8 Å². The minimum Gasteiger partial charge on any atom is -0.508 e. The number of phenols is 1. The zero-order valence-corrected chi connectivity index (χ0v) is 34.6. The summed E-state index contributed by atoms with van der Waals surface area (Å²) in [6, 6.07) is 16.3. The first-order valence-corrected chi connectivity index (χ1v) is 18.5. The van der Waals surface area contributed by atoms with Crippen LogP contribution in [0.2, 0.25) is 0 Å². The molecule has 4 aromatic rings. The number of nitrogens with zero attached hydrogens (tertiary/aromatic N) is 2. The average Bonchev–Trinajstić information content (AvgIpc) is 3.17. The number of alkyl halides is 7. The molecule has 0 aliphatic heterocycles. The fraction of sp³-hybridized carbons (Fsp3) is 0.263. The maximum atomic E-state index is 13.1. The smallest absolute Gasteiger partial charge is 0.423 e. The van der Waals surface area contributed by atoms with E-state index in [1.807, 2.05) is 0 Å². The molecule has 7 N–H and O–H groups in total. The number of carbonyl (C=O) groups excluding carboxylic acids is 4. The average molecular weight is 964 g/mol. The monoisotopic (exact) mass is 962 g/mol.